The molecular formula is C16H15ClO. The van der Waals surface area contributed by atoms with Gasteiger partial charge in [0.15, 0.2) is 0 Å². The molecule has 18 heavy (non-hydrogen) atoms. The molecule has 0 saturated heterocycles. The second-order valence-corrected chi connectivity index (χ2v) is 4.71. The van der Waals surface area contributed by atoms with Crippen LogP contribution in [0.25, 0.3) is 6.08 Å². The fraction of sp³-hybridized carbons (Fsp3) is 0.125. The second-order valence-electron chi connectivity index (χ2n) is 4.27. The summed E-state index contributed by atoms with van der Waals surface area (Å²) in [6.45, 7) is 2.03. The Bertz CT molecular complexity index is 543. The highest BCUT2D eigenvalue weighted by molar-refractivity contribution is 6.30. The van der Waals surface area contributed by atoms with Gasteiger partial charge in [-0.1, -0.05) is 65.7 Å². The van der Waals surface area contributed by atoms with Crippen LogP contribution in [0.15, 0.2) is 54.6 Å². The molecule has 1 unspecified atom stereocenters. The lowest BCUT2D eigenvalue weighted by atomic mass is 10.1. The van der Waals surface area contributed by atoms with Crippen LogP contribution in [0.3, 0.4) is 0 Å². The Labute approximate surface area is 112 Å². The lowest BCUT2D eigenvalue weighted by molar-refractivity contribution is 0.229. The van der Waals surface area contributed by atoms with Gasteiger partial charge in [0, 0.05) is 5.02 Å². The van der Waals surface area contributed by atoms with Crippen molar-refractivity contribution in [3.05, 3.63) is 76.3 Å². The first-order chi connectivity index (χ1) is 8.65. The van der Waals surface area contributed by atoms with E-state index in [1.54, 1.807) is 6.08 Å². The van der Waals surface area contributed by atoms with Crippen molar-refractivity contribution in [1.29, 1.82) is 0 Å². The van der Waals surface area contributed by atoms with Gasteiger partial charge in [0.05, 0.1) is 6.10 Å². The fourth-order valence-corrected chi connectivity index (χ4v) is 1.89. The molecule has 92 valence electrons. The molecule has 2 heteroatoms. The molecule has 1 atom stereocenters. The highest BCUT2D eigenvalue weighted by Gasteiger charge is 2.02. The third-order valence-electron chi connectivity index (χ3n) is 2.74. The maximum atomic E-state index is 10.0. The molecule has 0 amide bonds. The van der Waals surface area contributed by atoms with E-state index in [2.05, 4.69) is 0 Å². The van der Waals surface area contributed by atoms with E-state index in [1.165, 1.54) is 5.56 Å². The van der Waals surface area contributed by atoms with Crippen LogP contribution >= 0.6 is 11.6 Å². The van der Waals surface area contributed by atoms with E-state index in [0.29, 0.717) is 5.02 Å². The van der Waals surface area contributed by atoms with Gasteiger partial charge in [0.25, 0.3) is 0 Å². The number of aryl methyl sites for hydroxylation is 1. The van der Waals surface area contributed by atoms with Crippen molar-refractivity contribution in [2.45, 2.75) is 13.0 Å². The molecule has 0 fully saturated rings. The van der Waals surface area contributed by atoms with Gasteiger partial charge in [-0.3, -0.25) is 0 Å². The molecule has 0 spiro atoms. The van der Waals surface area contributed by atoms with Gasteiger partial charge in [-0.05, 0) is 30.2 Å². The Balaban J connectivity index is 2.11. The van der Waals surface area contributed by atoms with Gasteiger partial charge in [0.1, 0.15) is 0 Å². The smallest absolute Gasteiger partial charge is 0.0975 e. The molecule has 0 heterocycles. The average Bonchev–Trinajstić information content (AvgIpc) is 2.37. The predicted octanol–water partition coefficient (Wildman–Crippen LogP) is 4.40. The van der Waals surface area contributed by atoms with E-state index in [9.17, 15) is 5.11 Å². The van der Waals surface area contributed by atoms with Gasteiger partial charge in [0.2, 0.25) is 0 Å². The summed E-state index contributed by atoms with van der Waals surface area (Å²) in [5.74, 6) is 0. The lowest BCUT2D eigenvalue weighted by Gasteiger charge is -2.06. The van der Waals surface area contributed by atoms with E-state index in [-0.39, 0.29) is 0 Å². The lowest BCUT2D eigenvalue weighted by Crippen LogP contribution is -1.92. The summed E-state index contributed by atoms with van der Waals surface area (Å²) in [7, 11) is 0. The van der Waals surface area contributed by atoms with E-state index in [1.807, 2.05) is 61.5 Å². The van der Waals surface area contributed by atoms with Crippen LogP contribution in [0.2, 0.25) is 5.02 Å². The molecule has 0 bridgehead atoms. The quantitative estimate of drug-likeness (QED) is 0.865. The third-order valence-corrected chi connectivity index (χ3v) is 2.97. The number of halogens is 1. The van der Waals surface area contributed by atoms with Crippen LogP contribution in [0.4, 0.5) is 0 Å². The minimum atomic E-state index is -0.593. The Hall–Kier alpha value is -1.57. The minimum absolute atomic E-state index is 0.593. The summed E-state index contributed by atoms with van der Waals surface area (Å²) in [5.41, 5.74) is 3.05. The summed E-state index contributed by atoms with van der Waals surface area (Å²) < 4.78 is 0. The molecule has 0 saturated carbocycles. The van der Waals surface area contributed by atoms with Gasteiger partial charge in [-0.15, -0.1) is 0 Å². The Morgan fingerprint density at radius 1 is 1.11 bits per heavy atom. The van der Waals surface area contributed by atoms with Crippen LogP contribution in [-0.2, 0) is 0 Å². The van der Waals surface area contributed by atoms with E-state index in [4.69, 9.17) is 11.6 Å². The third kappa shape index (κ3) is 3.46. The van der Waals surface area contributed by atoms with Crippen molar-refractivity contribution < 1.29 is 5.11 Å². The molecule has 0 aliphatic rings. The number of benzene rings is 2. The second kappa shape index (κ2) is 5.85. The maximum absolute atomic E-state index is 10.0. The molecule has 0 aliphatic carbocycles. The zero-order valence-corrected chi connectivity index (χ0v) is 10.9. The molecule has 1 N–H and O–H groups in total. The first kappa shape index (κ1) is 12.9. The SMILES string of the molecule is Cc1ccc(C(O)/C=C/c2cccc(Cl)c2)cc1. The molecule has 0 aliphatic heterocycles. The first-order valence-electron chi connectivity index (χ1n) is 5.83. The van der Waals surface area contributed by atoms with Crippen molar-refractivity contribution in [2.75, 3.05) is 0 Å². The summed E-state index contributed by atoms with van der Waals surface area (Å²) in [6, 6.07) is 15.4. The zero-order valence-electron chi connectivity index (χ0n) is 10.2. The molecule has 2 rings (SSSR count). The van der Waals surface area contributed by atoms with Crippen LogP contribution in [0.5, 0.6) is 0 Å². The van der Waals surface area contributed by atoms with Crippen molar-refractivity contribution in [1.82, 2.24) is 0 Å². The number of aliphatic hydroxyl groups is 1. The summed E-state index contributed by atoms with van der Waals surface area (Å²) >= 11 is 5.90. The summed E-state index contributed by atoms with van der Waals surface area (Å²) in [4.78, 5) is 0. The van der Waals surface area contributed by atoms with Gasteiger partial charge in [-0.2, -0.15) is 0 Å². The predicted molar refractivity (Wildman–Crippen MR) is 76.6 cm³/mol. The van der Waals surface area contributed by atoms with Crippen LogP contribution in [0, 0.1) is 6.92 Å². The van der Waals surface area contributed by atoms with Gasteiger partial charge >= 0.3 is 0 Å². The molecule has 0 aromatic heterocycles. The zero-order chi connectivity index (χ0) is 13.0. The van der Waals surface area contributed by atoms with Crippen molar-refractivity contribution >= 4 is 17.7 Å². The standard InChI is InChI=1S/C16H15ClO/c1-12-5-8-14(9-6-12)16(18)10-7-13-3-2-4-15(17)11-13/h2-11,16,18H,1H3/b10-7+. The molecule has 2 aromatic carbocycles. The largest absolute Gasteiger partial charge is 0.384 e. The normalized spacial score (nSPS) is 12.8. The number of hydrogen-bond acceptors (Lipinski definition) is 1. The van der Waals surface area contributed by atoms with E-state index >= 15 is 0 Å². The first-order valence-corrected chi connectivity index (χ1v) is 6.21. The molecule has 2 aromatic rings. The number of hydrogen-bond donors (Lipinski definition) is 1. The number of aliphatic hydroxyl groups excluding tert-OH is 1. The van der Waals surface area contributed by atoms with Gasteiger partial charge < -0.3 is 5.11 Å². The van der Waals surface area contributed by atoms with Crippen molar-refractivity contribution in [2.24, 2.45) is 0 Å². The highest BCUT2D eigenvalue weighted by Crippen LogP contribution is 2.17. The topological polar surface area (TPSA) is 20.2 Å². The fourth-order valence-electron chi connectivity index (χ4n) is 1.69. The van der Waals surface area contributed by atoms with Crippen LogP contribution in [0.1, 0.15) is 22.8 Å². The van der Waals surface area contributed by atoms with Crippen molar-refractivity contribution in [3.63, 3.8) is 0 Å². The van der Waals surface area contributed by atoms with Crippen LogP contribution in [-0.4, -0.2) is 5.11 Å². The van der Waals surface area contributed by atoms with E-state index < -0.39 is 6.10 Å². The molecule has 1 nitrogen and oxygen atoms in total. The van der Waals surface area contributed by atoms with Crippen molar-refractivity contribution in [3.8, 4) is 0 Å². The summed E-state index contributed by atoms with van der Waals surface area (Å²) in [6.07, 6.45) is 3.04. The highest BCUT2D eigenvalue weighted by atomic mass is 35.5. The Morgan fingerprint density at radius 2 is 1.83 bits per heavy atom. The molecular weight excluding hydrogens is 244 g/mol. The van der Waals surface area contributed by atoms with Crippen LogP contribution < -0.4 is 0 Å². The summed E-state index contributed by atoms with van der Waals surface area (Å²) in [5, 5.41) is 10.7. The molecule has 0 radical (unpaired) electrons. The van der Waals surface area contributed by atoms with Gasteiger partial charge in [-0.25, -0.2) is 0 Å². The monoisotopic (exact) mass is 258 g/mol. The average molecular weight is 259 g/mol. The Kier molecular flexibility index (Phi) is 4.19. The maximum Gasteiger partial charge on any atom is 0.0975 e. The van der Waals surface area contributed by atoms with E-state index in [0.717, 1.165) is 11.1 Å². The number of rotatable bonds is 3. The Morgan fingerprint density at radius 3 is 2.50 bits per heavy atom. The minimum Gasteiger partial charge on any atom is -0.384 e.